The van der Waals surface area contributed by atoms with Crippen LogP contribution >= 0.6 is 0 Å². The number of nitrogens with one attached hydrogen (secondary N) is 1. The summed E-state index contributed by atoms with van der Waals surface area (Å²) in [6.07, 6.45) is 3.21. The summed E-state index contributed by atoms with van der Waals surface area (Å²) in [5, 5.41) is 3.07. The number of hydrogen-bond donors (Lipinski definition) is 1. The zero-order chi connectivity index (χ0) is 21.4. The summed E-state index contributed by atoms with van der Waals surface area (Å²) in [6, 6.07) is 11.2. The maximum absolute atomic E-state index is 12.5. The van der Waals surface area contributed by atoms with Crippen LogP contribution in [-0.4, -0.2) is 34.3 Å². The van der Waals surface area contributed by atoms with Crippen molar-refractivity contribution < 1.29 is 23.7 Å². The predicted octanol–water partition coefficient (Wildman–Crippen LogP) is 4.25. The number of hydrogen-bond acceptors (Lipinski definition) is 5. The fraction of sp³-hybridized carbons (Fsp3) is 0.348. The molecule has 2 aromatic rings. The van der Waals surface area contributed by atoms with Gasteiger partial charge in [0.2, 0.25) is 11.7 Å². The number of amides is 1. The van der Waals surface area contributed by atoms with E-state index in [9.17, 15) is 4.79 Å². The van der Waals surface area contributed by atoms with Crippen LogP contribution < -0.4 is 24.3 Å². The lowest BCUT2D eigenvalue weighted by atomic mass is 9.96. The molecule has 0 aliphatic carbocycles. The maximum atomic E-state index is 12.5. The Morgan fingerprint density at radius 3 is 1.93 bits per heavy atom. The molecule has 0 bridgehead atoms. The van der Waals surface area contributed by atoms with Crippen LogP contribution in [0.25, 0.3) is 6.08 Å². The van der Waals surface area contributed by atoms with Gasteiger partial charge in [-0.1, -0.05) is 26.0 Å². The third kappa shape index (κ3) is 5.67. The molecule has 156 valence electrons. The molecule has 29 heavy (non-hydrogen) atoms. The van der Waals surface area contributed by atoms with E-state index in [-0.39, 0.29) is 17.9 Å². The van der Waals surface area contributed by atoms with E-state index in [1.54, 1.807) is 46.6 Å². The second-order valence-electron chi connectivity index (χ2n) is 6.80. The average Bonchev–Trinajstić information content (AvgIpc) is 2.74. The van der Waals surface area contributed by atoms with E-state index in [0.29, 0.717) is 17.2 Å². The van der Waals surface area contributed by atoms with Gasteiger partial charge in [-0.15, -0.1) is 0 Å². The monoisotopic (exact) mass is 399 g/mol. The molecule has 1 N–H and O–H groups in total. The first kappa shape index (κ1) is 22.1. The summed E-state index contributed by atoms with van der Waals surface area (Å²) in [7, 11) is 6.29. The van der Waals surface area contributed by atoms with Crippen molar-refractivity contribution in [1.29, 1.82) is 0 Å². The van der Waals surface area contributed by atoms with E-state index < -0.39 is 0 Å². The van der Waals surface area contributed by atoms with Gasteiger partial charge in [0.25, 0.3) is 0 Å². The Morgan fingerprint density at radius 2 is 1.48 bits per heavy atom. The van der Waals surface area contributed by atoms with Crippen molar-refractivity contribution in [3.8, 4) is 23.0 Å². The molecule has 0 saturated heterocycles. The lowest BCUT2D eigenvalue weighted by Gasteiger charge is -2.22. The Morgan fingerprint density at radius 1 is 0.897 bits per heavy atom. The molecule has 0 aromatic heterocycles. The third-order valence-corrected chi connectivity index (χ3v) is 4.55. The molecule has 0 saturated carbocycles. The Bertz CT molecular complexity index is 818. The molecule has 0 aliphatic heterocycles. The highest BCUT2D eigenvalue weighted by Gasteiger charge is 2.17. The van der Waals surface area contributed by atoms with Crippen molar-refractivity contribution >= 4 is 12.0 Å². The number of carbonyl (C=O) groups is 1. The SMILES string of the molecule is COc1ccc(C(NC(=O)/C=C/c2cc(OC)c(OC)c(OC)c2)C(C)C)cc1. The van der Waals surface area contributed by atoms with Crippen LogP contribution in [0.1, 0.15) is 31.0 Å². The summed E-state index contributed by atoms with van der Waals surface area (Å²) in [5.74, 6) is 2.39. The van der Waals surface area contributed by atoms with E-state index >= 15 is 0 Å². The van der Waals surface area contributed by atoms with Gasteiger partial charge in [0.05, 0.1) is 34.5 Å². The highest BCUT2D eigenvalue weighted by Crippen LogP contribution is 2.38. The van der Waals surface area contributed by atoms with Gasteiger partial charge >= 0.3 is 0 Å². The standard InChI is InChI=1S/C23H29NO5/c1-15(2)22(17-8-10-18(26-3)11-9-17)24-21(25)12-7-16-13-19(27-4)23(29-6)20(14-16)28-5/h7-15,22H,1-6H3,(H,24,25)/b12-7+. The summed E-state index contributed by atoms with van der Waals surface area (Å²) in [6.45, 7) is 4.14. The largest absolute Gasteiger partial charge is 0.497 e. The van der Waals surface area contributed by atoms with Gasteiger partial charge in [0.15, 0.2) is 11.5 Å². The van der Waals surface area contributed by atoms with E-state index in [1.807, 2.05) is 24.3 Å². The first-order chi connectivity index (χ1) is 13.9. The summed E-state index contributed by atoms with van der Waals surface area (Å²) < 4.78 is 21.2. The third-order valence-electron chi connectivity index (χ3n) is 4.55. The summed E-state index contributed by atoms with van der Waals surface area (Å²) in [5.41, 5.74) is 1.79. The van der Waals surface area contributed by atoms with Crippen molar-refractivity contribution in [2.75, 3.05) is 28.4 Å². The Kier molecular flexibility index (Phi) is 7.95. The number of rotatable bonds is 9. The normalized spacial score (nSPS) is 12.0. The van der Waals surface area contributed by atoms with Crippen LogP contribution in [0.3, 0.4) is 0 Å². The van der Waals surface area contributed by atoms with E-state index in [4.69, 9.17) is 18.9 Å². The lowest BCUT2D eigenvalue weighted by molar-refractivity contribution is -0.117. The van der Waals surface area contributed by atoms with Gasteiger partial charge in [-0.05, 0) is 47.4 Å². The van der Waals surface area contributed by atoms with Crippen LogP contribution in [0.4, 0.5) is 0 Å². The molecule has 1 atom stereocenters. The topological polar surface area (TPSA) is 66.0 Å². The molecule has 0 heterocycles. The van der Waals surface area contributed by atoms with Crippen LogP contribution in [0.2, 0.25) is 0 Å². The van der Waals surface area contributed by atoms with Gasteiger partial charge in [-0.25, -0.2) is 0 Å². The minimum Gasteiger partial charge on any atom is -0.497 e. The quantitative estimate of drug-likeness (QED) is 0.639. The molecule has 1 amide bonds. The van der Waals surface area contributed by atoms with Crippen LogP contribution in [0.15, 0.2) is 42.5 Å². The van der Waals surface area contributed by atoms with Crippen LogP contribution in [-0.2, 0) is 4.79 Å². The predicted molar refractivity (Wildman–Crippen MR) is 114 cm³/mol. The summed E-state index contributed by atoms with van der Waals surface area (Å²) in [4.78, 5) is 12.5. The number of methoxy groups -OCH3 is 4. The smallest absolute Gasteiger partial charge is 0.244 e. The highest BCUT2D eigenvalue weighted by molar-refractivity contribution is 5.92. The zero-order valence-corrected chi connectivity index (χ0v) is 17.8. The first-order valence-electron chi connectivity index (χ1n) is 9.36. The molecular weight excluding hydrogens is 370 g/mol. The minimum absolute atomic E-state index is 0.113. The molecule has 0 fully saturated rings. The molecule has 1 unspecified atom stereocenters. The fourth-order valence-electron chi connectivity index (χ4n) is 3.02. The molecule has 6 heteroatoms. The molecular formula is C23H29NO5. The first-order valence-corrected chi connectivity index (χ1v) is 9.36. The maximum Gasteiger partial charge on any atom is 0.244 e. The average molecular weight is 399 g/mol. The summed E-state index contributed by atoms with van der Waals surface area (Å²) >= 11 is 0. The zero-order valence-electron chi connectivity index (χ0n) is 17.8. The van der Waals surface area contributed by atoms with Gasteiger partial charge in [0.1, 0.15) is 5.75 Å². The van der Waals surface area contributed by atoms with Gasteiger partial charge in [-0.3, -0.25) is 4.79 Å². The van der Waals surface area contributed by atoms with Crippen molar-refractivity contribution in [3.63, 3.8) is 0 Å². The Labute approximate surface area is 172 Å². The lowest BCUT2D eigenvalue weighted by Crippen LogP contribution is -2.30. The second-order valence-corrected chi connectivity index (χ2v) is 6.80. The van der Waals surface area contributed by atoms with E-state index in [2.05, 4.69) is 19.2 Å². The van der Waals surface area contributed by atoms with Gasteiger partial charge in [-0.2, -0.15) is 0 Å². The molecule has 2 rings (SSSR count). The molecule has 2 aromatic carbocycles. The van der Waals surface area contributed by atoms with Gasteiger partial charge in [0, 0.05) is 6.08 Å². The highest BCUT2D eigenvalue weighted by atomic mass is 16.5. The van der Waals surface area contributed by atoms with E-state index in [1.165, 1.54) is 6.08 Å². The van der Waals surface area contributed by atoms with Crippen molar-refractivity contribution in [1.82, 2.24) is 5.32 Å². The molecule has 0 radical (unpaired) electrons. The van der Waals surface area contributed by atoms with E-state index in [0.717, 1.165) is 16.9 Å². The van der Waals surface area contributed by atoms with Crippen LogP contribution in [0.5, 0.6) is 23.0 Å². The minimum atomic E-state index is -0.187. The van der Waals surface area contributed by atoms with Crippen LogP contribution in [0, 0.1) is 5.92 Å². The fourth-order valence-corrected chi connectivity index (χ4v) is 3.02. The van der Waals surface area contributed by atoms with Crippen molar-refractivity contribution in [2.24, 2.45) is 5.92 Å². The number of benzene rings is 2. The number of carbonyl (C=O) groups excluding carboxylic acids is 1. The Balaban J connectivity index is 2.18. The number of ether oxygens (including phenoxy) is 4. The molecule has 0 aliphatic rings. The van der Waals surface area contributed by atoms with Crippen molar-refractivity contribution in [2.45, 2.75) is 19.9 Å². The molecule has 6 nitrogen and oxygen atoms in total. The van der Waals surface area contributed by atoms with Crippen molar-refractivity contribution in [3.05, 3.63) is 53.6 Å². The van der Waals surface area contributed by atoms with Gasteiger partial charge < -0.3 is 24.3 Å². The molecule has 0 spiro atoms. The Hall–Kier alpha value is -3.15. The second kappa shape index (κ2) is 10.4.